The predicted octanol–water partition coefficient (Wildman–Crippen LogP) is 0.986. The minimum Gasteiger partial charge on any atom is -0.496 e. The molecule has 96 valence electrons. The molecule has 18 heavy (non-hydrogen) atoms. The highest BCUT2D eigenvalue weighted by atomic mass is 16.5. The van der Waals surface area contributed by atoms with E-state index in [-0.39, 0.29) is 25.0 Å². The molecule has 0 saturated heterocycles. The molecular formula is C13H17N3O2. The quantitative estimate of drug-likeness (QED) is 0.735. The van der Waals surface area contributed by atoms with E-state index in [4.69, 9.17) is 10.00 Å². The van der Waals surface area contributed by atoms with Gasteiger partial charge in [0.25, 0.3) is 0 Å². The summed E-state index contributed by atoms with van der Waals surface area (Å²) in [6, 6.07) is 9.50. The summed E-state index contributed by atoms with van der Waals surface area (Å²) >= 11 is 0. The lowest BCUT2D eigenvalue weighted by molar-refractivity contribution is -0.120. The maximum Gasteiger partial charge on any atom is 0.234 e. The fourth-order valence-corrected chi connectivity index (χ4v) is 1.58. The third-order valence-corrected chi connectivity index (χ3v) is 2.54. The van der Waals surface area contributed by atoms with Crippen molar-refractivity contribution in [3.8, 4) is 11.8 Å². The molecule has 0 aliphatic rings. The van der Waals surface area contributed by atoms with Gasteiger partial charge in [0, 0.05) is 11.6 Å². The molecule has 0 heterocycles. The van der Waals surface area contributed by atoms with Gasteiger partial charge >= 0.3 is 0 Å². The lowest BCUT2D eigenvalue weighted by Crippen LogP contribution is -2.35. The van der Waals surface area contributed by atoms with Gasteiger partial charge in [-0.2, -0.15) is 5.26 Å². The first kappa shape index (κ1) is 14.0. The van der Waals surface area contributed by atoms with Gasteiger partial charge in [0.1, 0.15) is 12.3 Å². The molecule has 5 heteroatoms. The van der Waals surface area contributed by atoms with Crippen molar-refractivity contribution in [1.82, 2.24) is 10.6 Å². The number of methoxy groups -OCH3 is 1. The van der Waals surface area contributed by atoms with E-state index in [0.717, 1.165) is 11.3 Å². The van der Waals surface area contributed by atoms with Crippen molar-refractivity contribution in [2.75, 3.05) is 20.2 Å². The molecule has 0 bridgehead atoms. The molecule has 0 radical (unpaired) electrons. The van der Waals surface area contributed by atoms with Crippen LogP contribution >= 0.6 is 0 Å². The molecule has 1 aromatic rings. The third-order valence-electron chi connectivity index (χ3n) is 2.54. The van der Waals surface area contributed by atoms with Gasteiger partial charge in [-0.05, 0) is 13.0 Å². The van der Waals surface area contributed by atoms with E-state index < -0.39 is 0 Å². The Labute approximate surface area is 107 Å². The number of rotatable bonds is 6. The van der Waals surface area contributed by atoms with Crippen LogP contribution in [0.15, 0.2) is 24.3 Å². The Morgan fingerprint density at radius 1 is 1.50 bits per heavy atom. The molecule has 2 N–H and O–H groups in total. The molecule has 0 fully saturated rings. The molecule has 0 aliphatic carbocycles. The van der Waals surface area contributed by atoms with Crippen molar-refractivity contribution in [2.45, 2.75) is 13.0 Å². The predicted molar refractivity (Wildman–Crippen MR) is 68.0 cm³/mol. The van der Waals surface area contributed by atoms with Crippen molar-refractivity contribution in [3.63, 3.8) is 0 Å². The minimum atomic E-state index is -0.196. The second-order valence-electron chi connectivity index (χ2n) is 3.78. The summed E-state index contributed by atoms with van der Waals surface area (Å²) in [6.45, 7) is 2.15. The number of benzene rings is 1. The van der Waals surface area contributed by atoms with E-state index in [1.54, 1.807) is 7.11 Å². The fraction of sp³-hybridized carbons (Fsp3) is 0.385. The normalized spacial score (nSPS) is 11.4. The zero-order valence-electron chi connectivity index (χ0n) is 10.6. The molecule has 1 atom stereocenters. The molecule has 0 aromatic heterocycles. The van der Waals surface area contributed by atoms with Crippen molar-refractivity contribution in [1.29, 1.82) is 5.26 Å². The van der Waals surface area contributed by atoms with Gasteiger partial charge < -0.3 is 15.4 Å². The largest absolute Gasteiger partial charge is 0.496 e. The van der Waals surface area contributed by atoms with Crippen LogP contribution in [0.25, 0.3) is 0 Å². The van der Waals surface area contributed by atoms with Crippen molar-refractivity contribution in [3.05, 3.63) is 29.8 Å². The maximum atomic E-state index is 11.3. The Morgan fingerprint density at radius 2 is 2.22 bits per heavy atom. The van der Waals surface area contributed by atoms with E-state index in [1.807, 2.05) is 37.3 Å². The summed E-state index contributed by atoms with van der Waals surface area (Å²) in [5, 5.41) is 13.9. The van der Waals surface area contributed by atoms with Crippen LogP contribution in [0.2, 0.25) is 0 Å². The van der Waals surface area contributed by atoms with Gasteiger partial charge in [0.05, 0.1) is 19.7 Å². The molecule has 5 nitrogen and oxygen atoms in total. The Balaban J connectivity index is 2.52. The third kappa shape index (κ3) is 4.07. The maximum absolute atomic E-state index is 11.3. The van der Waals surface area contributed by atoms with Crippen LogP contribution in [0.1, 0.15) is 18.5 Å². The smallest absolute Gasteiger partial charge is 0.234 e. The standard InChI is InChI=1S/C13H17N3O2/c1-10(16-9-13(17)15-8-7-14)11-5-3-4-6-12(11)18-2/h3-6,10,16H,8-9H2,1-2H3,(H,15,17)/t10-/m1/s1. The number of carbonyl (C=O) groups excluding carboxylic acids is 1. The van der Waals surface area contributed by atoms with Crippen molar-refractivity contribution >= 4 is 5.91 Å². The number of nitrogens with one attached hydrogen (secondary N) is 2. The van der Waals surface area contributed by atoms with Gasteiger partial charge in [-0.25, -0.2) is 0 Å². The topological polar surface area (TPSA) is 74.2 Å². The number of hydrogen-bond acceptors (Lipinski definition) is 4. The zero-order chi connectivity index (χ0) is 13.4. The zero-order valence-corrected chi connectivity index (χ0v) is 10.6. The summed E-state index contributed by atoms with van der Waals surface area (Å²) in [4.78, 5) is 11.3. The summed E-state index contributed by atoms with van der Waals surface area (Å²) in [5.74, 6) is 0.591. The van der Waals surface area contributed by atoms with Crippen LogP contribution in [0.5, 0.6) is 5.75 Å². The first-order chi connectivity index (χ1) is 8.69. The van der Waals surface area contributed by atoms with Crippen LogP contribution in [-0.4, -0.2) is 26.1 Å². The molecular weight excluding hydrogens is 230 g/mol. The number of amides is 1. The SMILES string of the molecule is COc1ccccc1[C@@H](C)NCC(=O)NCC#N. The van der Waals surface area contributed by atoms with Crippen LogP contribution in [0.3, 0.4) is 0 Å². The van der Waals surface area contributed by atoms with Crippen molar-refractivity contribution < 1.29 is 9.53 Å². The first-order valence-electron chi connectivity index (χ1n) is 5.69. The summed E-state index contributed by atoms with van der Waals surface area (Å²) < 4.78 is 5.25. The van der Waals surface area contributed by atoms with Crippen LogP contribution in [-0.2, 0) is 4.79 Å². The number of para-hydroxylation sites is 1. The van der Waals surface area contributed by atoms with E-state index >= 15 is 0 Å². The summed E-state index contributed by atoms with van der Waals surface area (Å²) in [6.07, 6.45) is 0. The lowest BCUT2D eigenvalue weighted by Gasteiger charge is -2.16. The highest BCUT2D eigenvalue weighted by Crippen LogP contribution is 2.23. The second-order valence-corrected chi connectivity index (χ2v) is 3.78. The fourth-order valence-electron chi connectivity index (χ4n) is 1.58. The van der Waals surface area contributed by atoms with E-state index in [9.17, 15) is 4.79 Å². The number of ether oxygens (including phenoxy) is 1. The molecule has 0 unspecified atom stereocenters. The average molecular weight is 247 g/mol. The molecule has 0 saturated carbocycles. The second kappa shape index (κ2) is 7.30. The first-order valence-corrected chi connectivity index (χ1v) is 5.69. The molecule has 1 rings (SSSR count). The van der Waals surface area contributed by atoms with E-state index in [1.165, 1.54) is 0 Å². The molecule has 0 spiro atoms. The van der Waals surface area contributed by atoms with Crippen molar-refractivity contribution in [2.24, 2.45) is 0 Å². The highest BCUT2D eigenvalue weighted by molar-refractivity contribution is 5.78. The molecule has 1 amide bonds. The number of carbonyl (C=O) groups is 1. The Kier molecular flexibility index (Phi) is 5.68. The van der Waals surface area contributed by atoms with Crippen LogP contribution < -0.4 is 15.4 Å². The minimum absolute atomic E-state index is 0.00557. The number of nitriles is 1. The molecule has 0 aliphatic heterocycles. The van der Waals surface area contributed by atoms with E-state index in [2.05, 4.69) is 10.6 Å². The Hall–Kier alpha value is -2.06. The Bertz CT molecular complexity index is 440. The summed E-state index contributed by atoms with van der Waals surface area (Å²) in [7, 11) is 1.62. The average Bonchev–Trinajstić information content (AvgIpc) is 2.42. The van der Waals surface area contributed by atoms with E-state index in [0.29, 0.717) is 0 Å². The molecule has 1 aromatic carbocycles. The van der Waals surface area contributed by atoms with Gasteiger partial charge in [-0.15, -0.1) is 0 Å². The Morgan fingerprint density at radius 3 is 2.89 bits per heavy atom. The summed E-state index contributed by atoms with van der Waals surface area (Å²) in [5.41, 5.74) is 0.994. The number of hydrogen-bond donors (Lipinski definition) is 2. The lowest BCUT2D eigenvalue weighted by atomic mass is 10.1. The van der Waals surface area contributed by atoms with Gasteiger partial charge in [-0.3, -0.25) is 4.79 Å². The van der Waals surface area contributed by atoms with Gasteiger partial charge in [-0.1, -0.05) is 18.2 Å². The number of nitrogens with zero attached hydrogens (tertiary/aromatic N) is 1. The monoisotopic (exact) mass is 247 g/mol. The highest BCUT2D eigenvalue weighted by Gasteiger charge is 2.11. The van der Waals surface area contributed by atoms with Crippen LogP contribution in [0, 0.1) is 11.3 Å². The van der Waals surface area contributed by atoms with Gasteiger partial charge in [0.15, 0.2) is 0 Å². The van der Waals surface area contributed by atoms with Crippen LogP contribution in [0.4, 0.5) is 0 Å². The van der Waals surface area contributed by atoms with Gasteiger partial charge in [0.2, 0.25) is 5.91 Å².